The molecule has 0 aliphatic carbocycles. The predicted molar refractivity (Wildman–Crippen MR) is 70.1 cm³/mol. The van der Waals surface area contributed by atoms with Gasteiger partial charge in [0.25, 0.3) is 5.24 Å². The summed E-state index contributed by atoms with van der Waals surface area (Å²) in [4.78, 5) is 35.0. The summed E-state index contributed by atoms with van der Waals surface area (Å²) in [6.07, 6.45) is -0.473. The average molecular weight is 290 g/mol. The molecule has 0 radical (unpaired) electrons. The van der Waals surface area contributed by atoms with Crippen molar-refractivity contribution in [3.8, 4) is 0 Å². The van der Waals surface area contributed by atoms with Gasteiger partial charge in [0.15, 0.2) is 0 Å². The van der Waals surface area contributed by atoms with Gasteiger partial charge in [-0.1, -0.05) is 11.8 Å². The first-order valence-corrected chi connectivity index (χ1v) is 6.94. The number of ether oxygens (including phenoxy) is 1. The zero-order chi connectivity index (χ0) is 14.3. The average Bonchev–Trinajstić information content (AvgIpc) is 2.77. The highest BCUT2D eigenvalue weighted by Crippen LogP contribution is 2.16. The number of aliphatic carboxylic acids is 1. The summed E-state index contributed by atoms with van der Waals surface area (Å²) in [7, 11) is 1.40. The van der Waals surface area contributed by atoms with Gasteiger partial charge in [0.1, 0.15) is 0 Å². The van der Waals surface area contributed by atoms with Crippen LogP contribution >= 0.6 is 11.8 Å². The third-order valence-electron chi connectivity index (χ3n) is 2.72. The minimum atomic E-state index is -0.971. The molecular formula is C11H18N2O5S. The first-order chi connectivity index (χ1) is 9.02. The second-order valence-electron chi connectivity index (χ2n) is 4.11. The lowest BCUT2D eigenvalue weighted by Gasteiger charge is -2.16. The Morgan fingerprint density at radius 2 is 2.32 bits per heavy atom. The number of carboxylic acid groups (broad SMARTS) is 1. The largest absolute Gasteiger partial charge is 0.481 e. The molecule has 1 saturated heterocycles. The summed E-state index contributed by atoms with van der Waals surface area (Å²) in [6, 6.07) is 0. The fourth-order valence-electron chi connectivity index (χ4n) is 1.61. The molecule has 0 spiro atoms. The fraction of sp³-hybridized carbons (Fsp3) is 0.727. The van der Waals surface area contributed by atoms with Gasteiger partial charge in [0.2, 0.25) is 5.91 Å². The fourth-order valence-corrected chi connectivity index (χ4v) is 2.47. The van der Waals surface area contributed by atoms with Crippen molar-refractivity contribution < 1.29 is 24.2 Å². The first-order valence-electron chi connectivity index (χ1n) is 5.96. The topological polar surface area (TPSA) is 95.9 Å². The number of amides is 2. The summed E-state index contributed by atoms with van der Waals surface area (Å²) >= 11 is 1.26. The molecule has 0 aromatic rings. The lowest BCUT2D eigenvalue weighted by Crippen LogP contribution is -2.36. The van der Waals surface area contributed by atoms with Gasteiger partial charge >= 0.3 is 5.97 Å². The molecule has 7 nitrogen and oxygen atoms in total. The van der Waals surface area contributed by atoms with E-state index in [1.165, 1.54) is 18.9 Å². The quantitative estimate of drug-likeness (QED) is 0.660. The number of nitrogens with one attached hydrogen (secondary N) is 1. The third-order valence-corrected chi connectivity index (χ3v) is 3.61. The number of carbonyl (C=O) groups is 3. The van der Waals surface area contributed by atoms with Crippen LogP contribution < -0.4 is 5.32 Å². The van der Waals surface area contributed by atoms with Crippen molar-refractivity contribution in [3.63, 3.8) is 0 Å². The molecule has 108 valence electrons. The molecule has 0 bridgehead atoms. The van der Waals surface area contributed by atoms with E-state index in [1.54, 1.807) is 4.90 Å². The Morgan fingerprint density at radius 3 is 2.84 bits per heavy atom. The Labute approximate surface area is 115 Å². The second kappa shape index (κ2) is 8.00. The van der Waals surface area contributed by atoms with Crippen LogP contribution in [0.1, 0.15) is 12.8 Å². The Bertz CT molecular complexity index is 350. The van der Waals surface area contributed by atoms with Gasteiger partial charge < -0.3 is 20.1 Å². The zero-order valence-corrected chi connectivity index (χ0v) is 11.6. The molecule has 1 atom stereocenters. The van der Waals surface area contributed by atoms with E-state index in [0.717, 1.165) is 5.75 Å². The molecule has 1 aliphatic rings. The number of rotatable bonds is 8. The van der Waals surface area contributed by atoms with Crippen LogP contribution in [-0.2, 0) is 14.3 Å². The molecule has 1 fully saturated rings. The molecule has 2 amide bonds. The number of carbonyl (C=O) groups excluding carboxylic acids is 2. The Balaban J connectivity index is 2.19. The summed E-state index contributed by atoms with van der Waals surface area (Å²) in [5, 5.41) is 11.2. The Morgan fingerprint density at radius 1 is 1.58 bits per heavy atom. The summed E-state index contributed by atoms with van der Waals surface area (Å²) in [6.45, 7) is 1.23. The molecule has 1 aliphatic heterocycles. The monoisotopic (exact) mass is 290 g/mol. The molecule has 8 heteroatoms. The second-order valence-corrected chi connectivity index (χ2v) is 5.16. The van der Waals surface area contributed by atoms with Crippen molar-refractivity contribution in [2.75, 3.05) is 32.5 Å². The van der Waals surface area contributed by atoms with E-state index in [2.05, 4.69) is 5.32 Å². The van der Waals surface area contributed by atoms with Gasteiger partial charge in [-0.3, -0.25) is 14.4 Å². The van der Waals surface area contributed by atoms with Crippen molar-refractivity contribution in [2.24, 2.45) is 0 Å². The van der Waals surface area contributed by atoms with E-state index in [0.29, 0.717) is 13.1 Å². The van der Waals surface area contributed by atoms with E-state index in [-0.39, 0.29) is 30.5 Å². The van der Waals surface area contributed by atoms with Gasteiger partial charge in [-0.05, 0) is 0 Å². The minimum absolute atomic E-state index is 0.00782. The van der Waals surface area contributed by atoms with Gasteiger partial charge in [-0.25, -0.2) is 0 Å². The van der Waals surface area contributed by atoms with Crippen LogP contribution in [0.2, 0.25) is 0 Å². The van der Waals surface area contributed by atoms with Crippen molar-refractivity contribution >= 4 is 28.9 Å². The van der Waals surface area contributed by atoms with E-state index in [9.17, 15) is 14.4 Å². The van der Waals surface area contributed by atoms with Crippen LogP contribution in [0.4, 0.5) is 4.79 Å². The van der Waals surface area contributed by atoms with E-state index in [4.69, 9.17) is 9.84 Å². The molecule has 0 saturated carbocycles. The Kier molecular flexibility index (Phi) is 6.65. The van der Waals surface area contributed by atoms with Crippen molar-refractivity contribution in [1.82, 2.24) is 10.2 Å². The number of hydrogen-bond donors (Lipinski definition) is 2. The van der Waals surface area contributed by atoms with Gasteiger partial charge in [0.05, 0.1) is 12.5 Å². The molecule has 0 aromatic heterocycles. The maximum absolute atomic E-state index is 11.6. The highest BCUT2D eigenvalue weighted by molar-refractivity contribution is 8.13. The van der Waals surface area contributed by atoms with Crippen LogP contribution in [-0.4, -0.2) is 65.7 Å². The van der Waals surface area contributed by atoms with Gasteiger partial charge in [-0.15, -0.1) is 0 Å². The predicted octanol–water partition coefficient (Wildman–Crippen LogP) is 0.151. The van der Waals surface area contributed by atoms with Crippen LogP contribution in [0.15, 0.2) is 0 Å². The number of methoxy groups -OCH3 is 1. The van der Waals surface area contributed by atoms with Crippen molar-refractivity contribution in [3.05, 3.63) is 0 Å². The van der Waals surface area contributed by atoms with Crippen molar-refractivity contribution in [1.29, 1.82) is 0 Å². The number of thioether (sulfide) groups is 1. The summed E-state index contributed by atoms with van der Waals surface area (Å²) < 4.78 is 4.94. The van der Waals surface area contributed by atoms with Crippen LogP contribution in [0, 0.1) is 0 Å². The van der Waals surface area contributed by atoms with Crippen LogP contribution in [0.5, 0.6) is 0 Å². The number of nitrogens with zero attached hydrogens (tertiary/aromatic N) is 1. The van der Waals surface area contributed by atoms with E-state index >= 15 is 0 Å². The van der Waals surface area contributed by atoms with Gasteiger partial charge in [-0.2, -0.15) is 0 Å². The highest BCUT2D eigenvalue weighted by atomic mass is 32.2. The standard InChI is InChI=1S/C11H18N2O5S/c1-18-8(6-10(15)16)7-12-9(14)2-3-13-4-5-19-11(13)17/h8H,2-7H2,1H3,(H,12,14)(H,15,16). The van der Waals surface area contributed by atoms with E-state index < -0.39 is 12.1 Å². The Hall–Kier alpha value is -1.28. The van der Waals surface area contributed by atoms with E-state index in [1.807, 2.05) is 0 Å². The molecule has 1 heterocycles. The maximum Gasteiger partial charge on any atom is 0.306 e. The third kappa shape index (κ3) is 5.93. The first kappa shape index (κ1) is 15.8. The lowest BCUT2D eigenvalue weighted by molar-refractivity contribution is -0.140. The van der Waals surface area contributed by atoms with Crippen molar-refractivity contribution in [2.45, 2.75) is 18.9 Å². The molecule has 1 rings (SSSR count). The smallest absolute Gasteiger partial charge is 0.306 e. The van der Waals surface area contributed by atoms with Crippen LogP contribution in [0.3, 0.4) is 0 Å². The number of carboxylic acids is 1. The number of hydrogen-bond acceptors (Lipinski definition) is 5. The van der Waals surface area contributed by atoms with Crippen LogP contribution in [0.25, 0.3) is 0 Å². The zero-order valence-electron chi connectivity index (χ0n) is 10.8. The minimum Gasteiger partial charge on any atom is -0.481 e. The molecule has 2 N–H and O–H groups in total. The summed E-state index contributed by atoms with van der Waals surface area (Å²) in [5.74, 6) is -0.414. The molecule has 1 unspecified atom stereocenters. The SMILES string of the molecule is COC(CNC(=O)CCN1CCSC1=O)CC(=O)O. The normalized spacial score (nSPS) is 16.5. The summed E-state index contributed by atoms with van der Waals surface area (Å²) in [5.41, 5.74) is 0. The highest BCUT2D eigenvalue weighted by Gasteiger charge is 2.21. The molecular weight excluding hydrogens is 272 g/mol. The van der Waals surface area contributed by atoms with Gasteiger partial charge in [0, 0.05) is 38.9 Å². The molecule has 19 heavy (non-hydrogen) atoms. The molecule has 0 aromatic carbocycles. The maximum atomic E-state index is 11.6. The lowest BCUT2D eigenvalue weighted by atomic mass is 10.2.